The van der Waals surface area contributed by atoms with Crippen LogP contribution >= 0.6 is 0 Å². The summed E-state index contributed by atoms with van der Waals surface area (Å²) >= 11 is 0. The van der Waals surface area contributed by atoms with Gasteiger partial charge >= 0.3 is 37.7 Å². The van der Waals surface area contributed by atoms with Crippen LogP contribution < -0.4 is 14.6 Å². The van der Waals surface area contributed by atoms with Crippen LogP contribution in [0.15, 0.2) is 94.7 Å². The molecular formula is C50H70CaO10S2. The normalized spacial score (nSPS) is 11.4. The first kappa shape index (κ1) is 56.3. The van der Waals surface area contributed by atoms with Gasteiger partial charge in [0.2, 0.25) is 0 Å². The van der Waals surface area contributed by atoms with Crippen molar-refractivity contribution in [3.63, 3.8) is 0 Å². The molecule has 0 saturated carbocycles. The largest absolute Gasteiger partial charge is 2.00 e. The molecular weight excluding hydrogens is 865 g/mol. The molecule has 0 atom stereocenters. The fourth-order valence-corrected chi connectivity index (χ4v) is 8.54. The Hall–Kier alpha value is -2.84. The first-order chi connectivity index (χ1) is 29.8. The molecule has 0 spiro atoms. The number of aryl methyl sites for hydroxylation is 2. The molecule has 0 aromatic heterocycles. The van der Waals surface area contributed by atoms with Crippen molar-refractivity contribution in [3.8, 4) is 34.5 Å². The van der Waals surface area contributed by atoms with Gasteiger partial charge in [-0.25, -0.2) is 8.42 Å². The van der Waals surface area contributed by atoms with Crippen molar-refractivity contribution in [2.75, 3.05) is 0 Å². The average Bonchev–Trinajstić information content (AvgIpc) is 3.23. The Morgan fingerprint density at radius 3 is 1.27 bits per heavy atom. The quantitative estimate of drug-likeness (QED) is 0.0291. The van der Waals surface area contributed by atoms with Crippen LogP contribution in [0.25, 0.3) is 0 Å². The molecule has 0 bridgehead atoms. The summed E-state index contributed by atoms with van der Waals surface area (Å²) in [6, 6.07) is 21.2. The van der Waals surface area contributed by atoms with E-state index in [1.54, 1.807) is 36.4 Å². The number of hydrogen-bond acceptors (Lipinski definition) is 9. The van der Waals surface area contributed by atoms with Crippen molar-refractivity contribution in [3.05, 3.63) is 96.1 Å². The molecule has 0 unspecified atom stereocenters. The summed E-state index contributed by atoms with van der Waals surface area (Å²) in [6.45, 7) is 4.48. The van der Waals surface area contributed by atoms with E-state index in [9.17, 15) is 36.2 Å². The minimum absolute atomic E-state index is 0. The molecule has 2 N–H and O–H groups in total. The number of para-hydroxylation sites is 2. The molecule has 4 aromatic rings. The fraction of sp³-hybridized carbons (Fsp3) is 0.520. The third-order valence-electron chi connectivity index (χ3n) is 10.9. The minimum atomic E-state index is -4.65. The molecule has 4 aromatic carbocycles. The Morgan fingerprint density at radius 1 is 0.492 bits per heavy atom. The van der Waals surface area contributed by atoms with Crippen LogP contribution in [0, 0.1) is 0 Å². The first-order valence-electron chi connectivity index (χ1n) is 22.9. The number of benzene rings is 4. The zero-order valence-electron chi connectivity index (χ0n) is 37.7. The van der Waals surface area contributed by atoms with E-state index < -0.39 is 25.1 Å². The van der Waals surface area contributed by atoms with Crippen LogP contribution in [-0.2, 0) is 33.1 Å². The zero-order chi connectivity index (χ0) is 45.1. The molecule has 0 aliphatic rings. The number of ether oxygens (including phenoxy) is 2. The van der Waals surface area contributed by atoms with Gasteiger partial charge in [0, 0.05) is 6.07 Å². The Balaban J connectivity index is 0.000000427. The third-order valence-corrected chi connectivity index (χ3v) is 12.7. The summed E-state index contributed by atoms with van der Waals surface area (Å²) in [5.41, 5.74) is 1.58. The minimum Gasteiger partial charge on any atom is -0.872 e. The van der Waals surface area contributed by atoms with Gasteiger partial charge < -0.3 is 24.2 Å². The van der Waals surface area contributed by atoms with Crippen LogP contribution in [0.1, 0.15) is 166 Å². The van der Waals surface area contributed by atoms with E-state index in [2.05, 4.69) is 13.8 Å². The number of phenols is 1. The van der Waals surface area contributed by atoms with Gasteiger partial charge in [0.1, 0.15) is 43.8 Å². The molecule has 0 aliphatic carbocycles. The maximum Gasteiger partial charge on any atom is 2.00 e. The van der Waals surface area contributed by atoms with E-state index >= 15 is 0 Å². The third kappa shape index (κ3) is 23.3. The van der Waals surface area contributed by atoms with E-state index in [1.807, 2.05) is 0 Å². The maximum absolute atomic E-state index is 12.4. The molecule has 10 nitrogen and oxygen atoms in total. The molecule has 0 aliphatic heterocycles. The van der Waals surface area contributed by atoms with Crippen molar-refractivity contribution < 1.29 is 45.6 Å². The van der Waals surface area contributed by atoms with Crippen LogP contribution in [0.5, 0.6) is 34.5 Å². The van der Waals surface area contributed by atoms with E-state index in [-0.39, 0.29) is 71.4 Å². The van der Waals surface area contributed by atoms with Gasteiger partial charge in [0.25, 0.3) is 10.1 Å². The summed E-state index contributed by atoms with van der Waals surface area (Å²) in [7, 11) is -9.04. The van der Waals surface area contributed by atoms with E-state index in [1.165, 1.54) is 164 Å². The second kappa shape index (κ2) is 31.9. The second-order valence-electron chi connectivity index (χ2n) is 16.2. The number of unbranched alkanes of at least 4 members (excludes halogenated alkanes) is 20. The molecule has 0 radical (unpaired) electrons. The van der Waals surface area contributed by atoms with Gasteiger partial charge in [-0.05, 0) is 73.7 Å². The summed E-state index contributed by atoms with van der Waals surface area (Å²) in [4.78, 5) is -0.744. The van der Waals surface area contributed by atoms with Crippen LogP contribution in [0.4, 0.5) is 0 Å². The first-order valence-corrected chi connectivity index (χ1v) is 25.8. The van der Waals surface area contributed by atoms with Crippen LogP contribution in [0.3, 0.4) is 0 Å². The molecule has 13 heteroatoms. The Bertz CT molecular complexity index is 1940. The van der Waals surface area contributed by atoms with Gasteiger partial charge in [0.05, 0.1) is 4.90 Å². The Kier molecular flexibility index (Phi) is 28.5. The molecule has 0 fully saturated rings. The van der Waals surface area contributed by atoms with E-state index in [0.29, 0.717) is 5.75 Å². The van der Waals surface area contributed by atoms with Crippen LogP contribution in [-0.4, -0.2) is 68.8 Å². The van der Waals surface area contributed by atoms with Gasteiger partial charge in [0.15, 0.2) is 0 Å². The van der Waals surface area contributed by atoms with E-state index in [0.717, 1.165) is 49.7 Å². The van der Waals surface area contributed by atoms with Crippen molar-refractivity contribution in [1.29, 1.82) is 0 Å². The molecule has 344 valence electrons. The van der Waals surface area contributed by atoms with Crippen molar-refractivity contribution in [1.82, 2.24) is 0 Å². The van der Waals surface area contributed by atoms with Crippen molar-refractivity contribution in [2.24, 2.45) is 0 Å². The Morgan fingerprint density at radius 2 is 0.857 bits per heavy atom. The zero-order valence-corrected chi connectivity index (χ0v) is 41.6. The topological polar surface area (TPSA) is 173 Å². The number of rotatable bonds is 30. The maximum atomic E-state index is 12.4. The molecule has 0 heterocycles. The molecule has 0 amide bonds. The number of phenolic OH excluding ortho intramolecular Hbond substituents is 1. The van der Waals surface area contributed by atoms with Gasteiger partial charge in [-0.2, -0.15) is 8.42 Å². The monoisotopic (exact) mass is 934 g/mol. The SMILES string of the molecule is CCCCCCCCCCCCCc1ccc(Oc2ccccc2S(=O)(=O)O)cc1O.CCCCCCCCCCCCCc1ccc(Oc2ccccc2S(=O)(=O)[O-])cc1[O-].[Ca+2]. The van der Waals surface area contributed by atoms with Crippen molar-refractivity contribution >= 4 is 58.0 Å². The van der Waals surface area contributed by atoms with Crippen molar-refractivity contribution in [2.45, 2.75) is 178 Å². The predicted molar refractivity (Wildman–Crippen MR) is 251 cm³/mol. The molecule has 63 heavy (non-hydrogen) atoms. The van der Waals surface area contributed by atoms with Gasteiger partial charge in [-0.15, -0.1) is 5.75 Å². The summed E-state index contributed by atoms with van der Waals surface area (Å²) in [5, 5.41) is 22.7. The summed E-state index contributed by atoms with van der Waals surface area (Å²) < 4.78 is 77.4. The van der Waals surface area contributed by atoms with E-state index in [4.69, 9.17) is 9.47 Å². The number of hydrogen-bond donors (Lipinski definition) is 2. The predicted octanol–water partition coefficient (Wildman–Crippen LogP) is 13.2. The second-order valence-corrected chi connectivity index (χ2v) is 18.9. The molecule has 0 saturated heterocycles. The summed E-state index contributed by atoms with van der Waals surface area (Å²) in [6.07, 6.45) is 29.5. The standard InChI is InChI=1S/2C25H36O5S.Ca/c2*1-2-3-4-5-6-7-8-9-10-11-12-15-21-18-19-22(20-23(21)26)30-24-16-13-14-17-25(24)31(27,28)29;/h2*13-14,16-20,26H,2-12,15H2,1H3,(H,27,28,29);/q;;+2/p-2. The molecule has 4 rings (SSSR count). The van der Waals surface area contributed by atoms with Gasteiger partial charge in [-0.1, -0.05) is 184 Å². The smallest absolute Gasteiger partial charge is 0.872 e. The number of aromatic hydroxyl groups is 1. The fourth-order valence-electron chi connectivity index (χ4n) is 7.33. The van der Waals surface area contributed by atoms with Crippen LogP contribution in [0.2, 0.25) is 0 Å². The summed E-state index contributed by atoms with van der Waals surface area (Å²) in [5.74, 6) is 0.485. The van der Waals surface area contributed by atoms with Gasteiger partial charge in [-0.3, -0.25) is 4.55 Å². The Labute approximate surface area is 408 Å². The average molecular weight is 935 g/mol.